The van der Waals surface area contributed by atoms with Gasteiger partial charge in [0.2, 0.25) is 0 Å². The van der Waals surface area contributed by atoms with E-state index in [2.05, 4.69) is 118 Å². The molecular formula is C41H46O6. The lowest BCUT2D eigenvalue weighted by Crippen LogP contribution is -2.32. The number of rotatable bonds is 14. The maximum absolute atomic E-state index is 6.08. The predicted molar refractivity (Wildman–Crippen MR) is 183 cm³/mol. The second kappa shape index (κ2) is 13.7. The highest BCUT2D eigenvalue weighted by atomic mass is 16.5. The molecule has 6 heteroatoms. The van der Waals surface area contributed by atoms with Crippen LogP contribution in [-0.4, -0.2) is 59.5 Å². The van der Waals surface area contributed by atoms with Gasteiger partial charge in [-0.2, -0.15) is 0 Å². The van der Waals surface area contributed by atoms with Crippen LogP contribution in [0, 0.1) is 17.8 Å². The monoisotopic (exact) mass is 634 g/mol. The molecule has 4 aromatic rings. The van der Waals surface area contributed by atoms with E-state index in [4.69, 9.17) is 28.4 Å². The third-order valence-electron chi connectivity index (χ3n) is 10.2. The van der Waals surface area contributed by atoms with Crippen molar-refractivity contribution in [1.29, 1.82) is 0 Å². The zero-order valence-electron chi connectivity index (χ0n) is 27.8. The second-order valence-corrected chi connectivity index (χ2v) is 14.0. The predicted octanol–water partition coefficient (Wildman–Crippen LogP) is 7.44. The van der Waals surface area contributed by atoms with E-state index in [9.17, 15) is 0 Å². The molecule has 0 radical (unpaired) electrons. The van der Waals surface area contributed by atoms with Crippen molar-refractivity contribution >= 4 is 0 Å². The Morgan fingerprint density at radius 1 is 0.426 bits per heavy atom. The van der Waals surface area contributed by atoms with Crippen LogP contribution in [0.25, 0.3) is 0 Å². The Labute approximate surface area is 278 Å². The fourth-order valence-electron chi connectivity index (χ4n) is 6.41. The third kappa shape index (κ3) is 6.92. The molecule has 3 fully saturated rings. The number of hydrogen-bond donors (Lipinski definition) is 0. The third-order valence-corrected chi connectivity index (χ3v) is 10.2. The Kier molecular flexibility index (Phi) is 9.26. The fourth-order valence-corrected chi connectivity index (χ4v) is 6.41. The molecule has 7 rings (SSSR count). The average Bonchev–Trinajstić information content (AvgIpc) is 3.03. The van der Waals surface area contributed by atoms with Crippen molar-refractivity contribution in [1.82, 2.24) is 0 Å². The minimum Gasteiger partial charge on any atom is -0.493 e. The summed E-state index contributed by atoms with van der Waals surface area (Å²) in [6.07, 6.45) is 0. The average molecular weight is 635 g/mol. The number of benzene rings is 4. The lowest BCUT2D eigenvalue weighted by molar-refractivity contribution is -0.0509. The molecule has 0 N–H and O–H groups in total. The maximum Gasteiger partial charge on any atom is 0.119 e. The molecule has 0 aliphatic carbocycles. The largest absolute Gasteiger partial charge is 0.493 e. The Morgan fingerprint density at radius 2 is 0.681 bits per heavy atom. The highest BCUT2D eigenvalue weighted by Crippen LogP contribution is 2.41. The van der Waals surface area contributed by atoms with Gasteiger partial charge >= 0.3 is 0 Å². The first-order valence-electron chi connectivity index (χ1n) is 16.9. The van der Waals surface area contributed by atoms with Crippen molar-refractivity contribution < 1.29 is 28.4 Å². The van der Waals surface area contributed by atoms with E-state index in [0.717, 1.165) is 56.9 Å². The van der Waals surface area contributed by atoms with Crippen molar-refractivity contribution in [2.75, 3.05) is 59.5 Å². The molecule has 3 aliphatic rings. The molecule has 4 aromatic carbocycles. The highest BCUT2D eigenvalue weighted by molar-refractivity contribution is 5.52. The molecule has 0 spiro atoms. The molecule has 0 bridgehead atoms. The Hall–Kier alpha value is -3.84. The second-order valence-electron chi connectivity index (χ2n) is 14.0. The van der Waals surface area contributed by atoms with Crippen LogP contribution in [-0.2, 0) is 25.0 Å². The van der Waals surface area contributed by atoms with Gasteiger partial charge in [-0.05, 0) is 71.1 Å². The minimum atomic E-state index is -0.395. The lowest BCUT2D eigenvalue weighted by atomic mass is 9.70. The summed E-state index contributed by atoms with van der Waals surface area (Å²) in [6.45, 7) is 13.7. The van der Waals surface area contributed by atoms with Crippen LogP contribution in [0.3, 0.4) is 0 Å². The zero-order valence-corrected chi connectivity index (χ0v) is 27.8. The fraction of sp³-hybridized carbons (Fsp3) is 0.415. The molecular weight excluding hydrogens is 588 g/mol. The van der Waals surface area contributed by atoms with Gasteiger partial charge in [0.1, 0.15) is 17.2 Å². The normalized spacial score (nSPS) is 17.3. The molecule has 246 valence electrons. The molecule has 0 atom stereocenters. The first-order chi connectivity index (χ1) is 22.9. The summed E-state index contributed by atoms with van der Waals surface area (Å²) in [5.41, 5.74) is 5.57. The van der Waals surface area contributed by atoms with Gasteiger partial charge in [-0.1, -0.05) is 74.5 Å². The zero-order chi connectivity index (χ0) is 32.3. The molecule has 3 heterocycles. The molecule has 0 unspecified atom stereocenters. The summed E-state index contributed by atoms with van der Waals surface area (Å²) >= 11 is 0. The minimum absolute atomic E-state index is 0.176. The highest BCUT2D eigenvalue weighted by Gasteiger charge is 2.33. The van der Waals surface area contributed by atoms with E-state index in [1.807, 2.05) is 0 Å². The maximum atomic E-state index is 6.08. The van der Waals surface area contributed by atoms with Gasteiger partial charge in [0.25, 0.3) is 0 Å². The van der Waals surface area contributed by atoms with Crippen molar-refractivity contribution in [3.8, 4) is 17.2 Å². The van der Waals surface area contributed by atoms with Gasteiger partial charge in [-0.25, -0.2) is 0 Å². The Morgan fingerprint density at radius 3 is 0.957 bits per heavy atom. The van der Waals surface area contributed by atoms with Crippen molar-refractivity contribution in [2.24, 2.45) is 17.8 Å². The quantitative estimate of drug-likeness (QED) is 0.134. The van der Waals surface area contributed by atoms with E-state index in [0.29, 0.717) is 37.6 Å². The Balaban J connectivity index is 1.12. The van der Waals surface area contributed by atoms with E-state index < -0.39 is 5.41 Å². The van der Waals surface area contributed by atoms with Crippen LogP contribution in [0.5, 0.6) is 17.2 Å². The van der Waals surface area contributed by atoms with Crippen LogP contribution in [0.15, 0.2) is 97.1 Å². The van der Waals surface area contributed by atoms with Crippen molar-refractivity contribution in [3.63, 3.8) is 0 Å². The van der Waals surface area contributed by atoms with E-state index in [-0.39, 0.29) is 5.41 Å². The van der Waals surface area contributed by atoms with Gasteiger partial charge < -0.3 is 28.4 Å². The molecule has 3 aliphatic heterocycles. The standard InChI is InChI=1S/C41H46O6/c1-40(2,33-8-14-37(15-9-33)45-26-29-20-42-21-29)32-4-6-34(7-5-32)41(3,35-10-16-38(17-11-35)46-27-30-22-43-23-30)36-12-18-39(19-13-36)47-28-31-24-44-25-31/h4-19,29-31H,20-28H2,1-3H3. The van der Waals surface area contributed by atoms with E-state index in [1.165, 1.54) is 27.8 Å². The number of ether oxygens (including phenoxy) is 6. The molecule has 47 heavy (non-hydrogen) atoms. The van der Waals surface area contributed by atoms with Gasteiger partial charge in [-0.3, -0.25) is 0 Å². The smallest absolute Gasteiger partial charge is 0.119 e. The van der Waals surface area contributed by atoms with Gasteiger partial charge in [0.15, 0.2) is 0 Å². The van der Waals surface area contributed by atoms with Gasteiger partial charge in [0.05, 0.1) is 59.5 Å². The summed E-state index contributed by atoms with van der Waals surface area (Å²) in [5, 5.41) is 0. The molecule has 0 aromatic heterocycles. The van der Waals surface area contributed by atoms with Gasteiger partial charge in [0, 0.05) is 28.6 Å². The van der Waals surface area contributed by atoms with Crippen LogP contribution >= 0.6 is 0 Å². The summed E-state index contributed by atoms with van der Waals surface area (Å²) in [4.78, 5) is 0. The van der Waals surface area contributed by atoms with Crippen molar-refractivity contribution in [2.45, 2.75) is 31.6 Å². The van der Waals surface area contributed by atoms with Crippen LogP contribution in [0.2, 0.25) is 0 Å². The van der Waals surface area contributed by atoms with Crippen LogP contribution in [0.1, 0.15) is 48.6 Å². The summed E-state index contributed by atoms with van der Waals surface area (Å²) < 4.78 is 34.0. The Bertz CT molecular complexity index is 1520. The van der Waals surface area contributed by atoms with Gasteiger partial charge in [-0.15, -0.1) is 0 Å². The SMILES string of the molecule is CC(C)(c1ccc(OCC2COC2)cc1)c1ccc(C(C)(c2ccc(OCC3COC3)cc2)c2ccc(OCC3COC3)cc2)cc1. The molecule has 3 saturated heterocycles. The van der Waals surface area contributed by atoms with Crippen LogP contribution < -0.4 is 14.2 Å². The number of hydrogen-bond acceptors (Lipinski definition) is 6. The van der Waals surface area contributed by atoms with E-state index >= 15 is 0 Å². The summed E-state index contributed by atoms with van der Waals surface area (Å²) in [7, 11) is 0. The molecule has 0 amide bonds. The van der Waals surface area contributed by atoms with Crippen LogP contribution in [0.4, 0.5) is 0 Å². The van der Waals surface area contributed by atoms with Crippen molar-refractivity contribution in [3.05, 3.63) is 125 Å². The first-order valence-corrected chi connectivity index (χ1v) is 16.9. The lowest BCUT2D eigenvalue weighted by Gasteiger charge is -2.33. The summed E-state index contributed by atoms with van der Waals surface area (Å²) in [5.74, 6) is 4.16. The molecule has 6 nitrogen and oxygen atoms in total. The van der Waals surface area contributed by atoms with E-state index in [1.54, 1.807) is 0 Å². The topological polar surface area (TPSA) is 55.4 Å². The summed E-state index contributed by atoms with van der Waals surface area (Å²) in [6, 6.07) is 34.9. The first kappa shape index (κ1) is 31.7. The molecule has 0 saturated carbocycles.